The highest BCUT2D eigenvalue weighted by Gasteiger charge is 2.15. The van der Waals surface area contributed by atoms with E-state index in [9.17, 15) is 0 Å². The van der Waals surface area contributed by atoms with Crippen LogP contribution < -0.4 is 4.90 Å². The van der Waals surface area contributed by atoms with Gasteiger partial charge in [0, 0.05) is 40.0 Å². The van der Waals surface area contributed by atoms with E-state index >= 15 is 0 Å². The van der Waals surface area contributed by atoms with Gasteiger partial charge in [-0.05, 0) is 113 Å². The summed E-state index contributed by atoms with van der Waals surface area (Å²) in [7, 11) is 2.21. The number of hydrogen-bond donors (Lipinski definition) is 0. The van der Waals surface area contributed by atoms with Gasteiger partial charge < -0.3 is 4.90 Å². The average molecular weight is 552 g/mol. The maximum Gasteiger partial charge on any atom is 0.0490 e. The van der Waals surface area contributed by atoms with E-state index in [4.69, 9.17) is 0 Å². The van der Waals surface area contributed by atoms with Crippen LogP contribution in [0.2, 0.25) is 0 Å². The van der Waals surface area contributed by atoms with Crippen LogP contribution in [0.4, 0.5) is 11.4 Å². The van der Waals surface area contributed by atoms with Gasteiger partial charge in [-0.3, -0.25) is 0 Å². The minimum absolute atomic E-state index is 0.0262. The number of aryl methyl sites for hydroxylation is 2. The van der Waals surface area contributed by atoms with E-state index in [0.717, 1.165) is 25.7 Å². The molecule has 0 saturated heterocycles. The molecule has 214 valence electrons. The molecular formula is C41H45N. The molecule has 4 aromatic rings. The van der Waals surface area contributed by atoms with Crippen LogP contribution in [0.15, 0.2) is 97.1 Å². The Balaban J connectivity index is 1.65. The van der Waals surface area contributed by atoms with E-state index in [1.165, 1.54) is 44.0 Å². The highest BCUT2D eigenvalue weighted by molar-refractivity contribution is 6.03. The van der Waals surface area contributed by atoms with Gasteiger partial charge in [0.05, 0.1) is 0 Å². The first-order valence-electron chi connectivity index (χ1n) is 15.1. The fraction of sp³-hybridized carbons (Fsp3) is 0.317. The summed E-state index contributed by atoms with van der Waals surface area (Å²) >= 11 is 0. The van der Waals surface area contributed by atoms with Gasteiger partial charge >= 0.3 is 0 Å². The van der Waals surface area contributed by atoms with Crippen LogP contribution in [0, 0.1) is 34.5 Å². The molecule has 1 heteroatoms. The van der Waals surface area contributed by atoms with Crippen molar-refractivity contribution in [2.45, 2.75) is 67.2 Å². The molecule has 0 atom stereocenters. The number of hydrogen-bond acceptors (Lipinski definition) is 1. The normalized spacial score (nSPS) is 12.0. The summed E-state index contributed by atoms with van der Waals surface area (Å²) in [5, 5.41) is 5.20. The van der Waals surface area contributed by atoms with Gasteiger partial charge in [0.15, 0.2) is 0 Å². The van der Waals surface area contributed by atoms with E-state index in [0.29, 0.717) is 0 Å². The van der Waals surface area contributed by atoms with Crippen LogP contribution in [0.25, 0.3) is 21.5 Å². The molecule has 0 spiro atoms. The molecule has 0 fully saturated rings. The fourth-order valence-corrected chi connectivity index (χ4v) is 5.18. The van der Waals surface area contributed by atoms with Crippen molar-refractivity contribution in [3.63, 3.8) is 0 Å². The van der Waals surface area contributed by atoms with Crippen molar-refractivity contribution in [2.75, 3.05) is 11.9 Å². The molecular weight excluding hydrogens is 506 g/mol. The topological polar surface area (TPSA) is 3.24 Å². The van der Waals surface area contributed by atoms with Crippen molar-refractivity contribution in [1.29, 1.82) is 0 Å². The van der Waals surface area contributed by atoms with E-state index in [-0.39, 0.29) is 10.8 Å². The average Bonchev–Trinajstić information content (AvgIpc) is 2.94. The van der Waals surface area contributed by atoms with Gasteiger partial charge in [-0.25, -0.2) is 0 Å². The van der Waals surface area contributed by atoms with Crippen LogP contribution in [-0.4, -0.2) is 7.05 Å². The Bertz CT molecular complexity index is 1570. The monoisotopic (exact) mass is 551 g/mol. The van der Waals surface area contributed by atoms with E-state index in [1.807, 2.05) is 12.2 Å². The summed E-state index contributed by atoms with van der Waals surface area (Å²) in [5.41, 5.74) is 5.26. The highest BCUT2D eigenvalue weighted by atomic mass is 15.1. The van der Waals surface area contributed by atoms with Crippen molar-refractivity contribution >= 4 is 32.9 Å². The van der Waals surface area contributed by atoms with Crippen molar-refractivity contribution in [2.24, 2.45) is 10.8 Å². The lowest BCUT2D eigenvalue weighted by Gasteiger charge is -2.25. The number of rotatable bonds is 8. The Labute approximate surface area is 254 Å². The molecule has 0 saturated carbocycles. The van der Waals surface area contributed by atoms with Gasteiger partial charge in [-0.1, -0.05) is 96.5 Å². The van der Waals surface area contributed by atoms with Gasteiger partial charge in [-0.15, -0.1) is 0 Å². The quantitative estimate of drug-likeness (QED) is 0.197. The van der Waals surface area contributed by atoms with Gasteiger partial charge in [0.2, 0.25) is 0 Å². The van der Waals surface area contributed by atoms with Crippen LogP contribution in [-0.2, 0) is 12.8 Å². The molecule has 0 aliphatic rings. The molecule has 0 amide bonds. The van der Waals surface area contributed by atoms with Crippen molar-refractivity contribution < 1.29 is 0 Å². The number of fused-ring (bicyclic) bond motifs is 2. The lowest BCUT2D eigenvalue weighted by molar-refractivity contribution is 0.570. The Morgan fingerprint density at radius 2 is 0.952 bits per heavy atom. The third kappa shape index (κ3) is 8.41. The molecule has 0 N–H and O–H groups in total. The molecule has 42 heavy (non-hydrogen) atoms. The standard InChI is InChI=1S/C41H45N/c1-40(2,3)30-14-10-8-12-20-32-22-16-24-34-26-18-28-36(38(32)34)42(7)37-29-19-27-35-25-17-23-33(39(35)37)21-13-9-11-15-31-41(4,5)6/h8-11,16-19,22-29H,12-13,20-21H2,1-7H3. The van der Waals surface area contributed by atoms with Crippen LogP contribution >= 0.6 is 0 Å². The van der Waals surface area contributed by atoms with Crippen LogP contribution in [0.1, 0.15) is 65.5 Å². The lowest BCUT2D eigenvalue weighted by atomic mass is 9.96. The summed E-state index contributed by atoms with van der Waals surface area (Å²) in [6, 6.07) is 26.7. The van der Waals surface area contributed by atoms with E-state index in [1.54, 1.807) is 0 Å². The first-order chi connectivity index (χ1) is 20.0. The third-order valence-electron chi connectivity index (χ3n) is 7.12. The molecule has 0 radical (unpaired) electrons. The van der Waals surface area contributed by atoms with E-state index < -0.39 is 0 Å². The molecule has 0 heterocycles. The second kappa shape index (κ2) is 13.6. The first kappa shape index (κ1) is 30.8. The molecule has 4 aromatic carbocycles. The molecule has 4 rings (SSSR count). The maximum absolute atomic E-state index is 3.29. The van der Waals surface area contributed by atoms with Gasteiger partial charge in [0.1, 0.15) is 0 Å². The lowest BCUT2D eigenvalue weighted by Crippen LogP contribution is -2.11. The smallest absolute Gasteiger partial charge is 0.0490 e. The molecule has 0 bridgehead atoms. The molecule has 0 unspecified atom stereocenters. The van der Waals surface area contributed by atoms with Crippen LogP contribution in [0.3, 0.4) is 0 Å². The van der Waals surface area contributed by atoms with Crippen molar-refractivity contribution in [1.82, 2.24) is 0 Å². The predicted molar refractivity (Wildman–Crippen MR) is 185 cm³/mol. The fourth-order valence-electron chi connectivity index (χ4n) is 5.18. The number of allylic oxidation sites excluding steroid dienone is 4. The number of benzene rings is 4. The summed E-state index contributed by atoms with van der Waals surface area (Å²) in [6.45, 7) is 12.8. The summed E-state index contributed by atoms with van der Waals surface area (Å²) in [4.78, 5) is 2.38. The van der Waals surface area contributed by atoms with Gasteiger partial charge in [-0.2, -0.15) is 0 Å². The maximum atomic E-state index is 3.29. The molecule has 0 aliphatic carbocycles. The first-order valence-corrected chi connectivity index (χ1v) is 15.1. The number of nitrogens with zero attached hydrogens (tertiary/aromatic N) is 1. The molecule has 1 nitrogen and oxygen atoms in total. The zero-order valence-electron chi connectivity index (χ0n) is 26.5. The third-order valence-corrected chi connectivity index (χ3v) is 7.12. The van der Waals surface area contributed by atoms with Crippen molar-refractivity contribution in [3.8, 4) is 23.7 Å². The minimum Gasteiger partial charge on any atom is -0.344 e. The number of anilines is 2. The summed E-state index contributed by atoms with van der Waals surface area (Å²) in [6.07, 6.45) is 12.3. The summed E-state index contributed by atoms with van der Waals surface area (Å²) < 4.78 is 0. The Morgan fingerprint density at radius 3 is 1.33 bits per heavy atom. The molecule has 0 aromatic heterocycles. The second-order valence-corrected chi connectivity index (χ2v) is 13.1. The van der Waals surface area contributed by atoms with Crippen LogP contribution in [0.5, 0.6) is 0 Å². The summed E-state index contributed by atoms with van der Waals surface area (Å²) in [5.74, 6) is 13.0. The Hall–Kier alpha value is -4.20. The Morgan fingerprint density at radius 1 is 0.571 bits per heavy atom. The zero-order valence-corrected chi connectivity index (χ0v) is 26.5. The molecule has 0 aliphatic heterocycles. The second-order valence-electron chi connectivity index (χ2n) is 13.1. The largest absolute Gasteiger partial charge is 0.344 e. The highest BCUT2D eigenvalue weighted by Crippen LogP contribution is 2.38. The van der Waals surface area contributed by atoms with Gasteiger partial charge in [0.25, 0.3) is 0 Å². The zero-order chi connectivity index (χ0) is 30.2. The SMILES string of the molecule is CN(c1cccc2cccc(CCC=CC#CC(C)(C)C)c12)c1cccc2cccc(CCC=CC#CC(C)(C)C)c12. The van der Waals surface area contributed by atoms with Crippen molar-refractivity contribution in [3.05, 3.63) is 108 Å². The Kier molecular flexibility index (Phi) is 9.99. The van der Waals surface area contributed by atoms with E-state index in [2.05, 4.69) is 162 Å². The predicted octanol–water partition coefficient (Wildman–Crippen LogP) is 10.8. The minimum atomic E-state index is 0.0262.